The summed E-state index contributed by atoms with van der Waals surface area (Å²) in [5, 5.41) is 12.6. The van der Waals surface area contributed by atoms with E-state index >= 15 is 0 Å². The minimum absolute atomic E-state index is 0.0798. The van der Waals surface area contributed by atoms with Crippen LogP contribution >= 0.6 is 0 Å². The number of aliphatic hydroxyl groups excluding tert-OH is 1. The number of rotatable bonds is 6. The van der Waals surface area contributed by atoms with Crippen LogP contribution in [0, 0.1) is 0 Å². The number of aliphatic hydroxyl groups is 1. The van der Waals surface area contributed by atoms with Gasteiger partial charge in [0.1, 0.15) is 0 Å². The van der Waals surface area contributed by atoms with E-state index < -0.39 is 0 Å². The van der Waals surface area contributed by atoms with Crippen LogP contribution in [0.1, 0.15) is 37.7 Å². The van der Waals surface area contributed by atoms with Crippen molar-refractivity contribution < 1.29 is 5.11 Å². The van der Waals surface area contributed by atoms with E-state index in [0.717, 1.165) is 25.8 Å². The lowest BCUT2D eigenvalue weighted by Crippen LogP contribution is -2.35. The molecule has 0 heterocycles. The zero-order valence-electron chi connectivity index (χ0n) is 9.95. The normalized spacial score (nSPS) is 19.4. The Morgan fingerprint density at radius 3 is 2.56 bits per heavy atom. The Bertz CT molecular complexity index is 319. The summed E-state index contributed by atoms with van der Waals surface area (Å²) in [5.41, 5.74) is 1.48. The molecular weight excluding hydrogens is 198 g/mol. The molecule has 0 spiro atoms. The Labute approximate surface area is 97.7 Å². The van der Waals surface area contributed by atoms with Gasteiger partial charge in [0.25, 0.3) is 0 Å². The summed E-state index contributed by atoms with van der Waals surface area (Å²) in [6, 6.07) is 10.6. The van der Waals surface area contributed by atoms with E-state index in [-0.39, 0.29) is 12.1 Å². The fourth-order valence-corrected chi connectivity index (χ4v) is 2.04. The van der Waals surface area contributed by atoms with Gasteiger partial charge < -0.3 is 10.4 Å². The van der Waals surface area contributed by atoms with Crippen molar-refractivity contribution in [2.75, 3.05) is 13.2 Å². The molecule has 1 aromatic rings. The summed E-state index contributed by atoms with van der Waals surface area (Å²) in [6.45, 7) is 3.54. The second-order valence-electron chi connectivity index (χ2n) is 4.97. The minimum atomic E-state index is 0.0798. The predicted octanol–water partition coefficient (Wildman–Crippen LogP) is 2.29. The van der Waals surface area contributed by atoms with E-state index in [1.807, 2.05) is 0 Å². The molecule has 1 aliphatic rings. The van der Waals surface area contributed by atoms with Gasteiger partial charge in [-0.05, 0) is 37.3 Å². The molecule has 2 rings (SSSR count). The van der Waals surface area contributed by atoms with E-state index in [1.165, 1.54) is 5.56 Å². The first kappa shape index (κ1) is 11.6. The highest BCUT2D eigenvalue weighted by atomic mass is 16.3. The largest absolute Gasteiger partial charge is 0.394 e. The molecule has 1 fully saturated rings. The maximum Gasteiger partial charge on any atom is 0.0613 e. The van der Waals surface area contributed by atoms with Crippen LogP contribution in [0.4, 0.5) is 0 Å². The number of hydrogen-bond donors (Lipinski definition) is 2. The summed E-state index contributed by atoms with van der Waals surface area (Å²) >= 11 is 0. The van der Waals surface area contributed by atoms with Gasteiger partial charge in [0.2, 0.25) is 0 Å². The van der Waals surface area contributed by atoms with Gasteiger partial charge in [-0.15, -0.1) is 0 Å². The van der Waals surface area contributed by atoms with Crippen molar-refractivity contribution >= 4 is 0 Å². The molecule has 1 unspecified atom stereocenters. The summed E-state index contributed by atoms with van der Waals surface area (Å²) in [6.07, 6.45) is 3.39. The van der Waals surface area contributed by atoms with Gasteiger partial charge in [0.15, 0.2) is 0 Å². The van der Waals surface area contributed by atoms with Crippen LogP contribution in [0.3, 0.4) is 0 Å². The average Bonchev–Trinajstić information content (AvgIpc) is 3.11. The molecule has 0 saturated heterocycles. The Morgan fingerprint density at radius 2 is 2.00 bits per heavy atom. The molecule has 1 aliphatic carbocycles. The molecule has 16 heavy (non-hydrogen) atoms. The molecule has 0 radical (unpaired) electrons. The van der Waals surface area contributed by atoms with Gasteiger partial charge in [-0.2, -0.15) is 0 Å². The molecule has 2 heteroatoms. The van der Waals surface area contributed by atoms with Gasteiger partial charge in [-0.25, -0.2) is 0 Å². The number of nitrogens with one attached hydrogen (secondary N) is 1. The summed E-state index contributed by atoms with van der Waals surface area (Å²) in [4.78, 5) is 0. The highest BCUT2D eigenvalue weighted by Gasteiger charge is 2.41. The SMILES string of the molecule is CC(CCNC1(CO)CC1)c1ccccc1. The standard InChI is InChI=1S/C14H21NO/c1-12(13-5-3-2-4-6-13)7-10-15-14(11-16)8-9-14/h2-6,12,15-16H,7-11H2,1H3. The van der Waals surface area contributed by atoms with Gasteiger partial charge in [-0.1, -0.05) is 37.3 Å². The molecule has 0 bridgehead atoms. The topological polar surface area (TPSA) is 32.3 Å². The highest BCUT2D eigenvalue weighted by Crippen LogP contribution is 2.34. The predicted molar refractivity (Wildman–Crippen MR) is 66.5 cm³/mol. The molecule has 0 aliphatic heterocycles. The average molecular weight is 219 g/mol. The lowest BCUT2D eigenvalue weighted by Gasteiger charge is -2.17. The van der Waals surface area contributed by atoms with Crippen molar-refractivity contribution in [3.63, 3.8) is 0 Å². The van der Waals surface area contributed by atoms with Crippen LogP contribution in [0.25, 0.3) is 0 Å². The third-order valence-electron chi connectivity index (χ3n) is 3.60. The maximum atomic E-state index is 9.18. The molecule has 2 nitrogen and oxygen atoms in total. The van der Waals surface area contributed by atoms with Gasteiger partial charge in [-0.3, -0.25) is 0 Å². The first-order valence-corrected chi connectivity index (χ1v) is 6.17. The summed E-state index contributed by atoms with van der Waals surface area (Å²) < 4.78 is 0. The molecule has 0 amide bonds. The van der Waals surface area contributed by atoms with E-state index in [1.54, 1.807) is 0 Å². The maximum absolute atomic E-state index is 9.18. The van der Waals surface area contributed by atoms with Crippen LogP contribution in [-0.4, -0.2) is 23.8 Å². The van der Waals surface area contributed by atoms with E-state index in [4.69, 9.17) is 0 Å². The van der Waals surface area contributed by atoms with Crippen LogP contribution < -0.4 is 5.32 Å². The Hall–Kier alpha value is -0.860. The first-order valence-electron chi connectivity index (χ1n) is 6.17. The first-order chi connectivity index (χ1) is 7.76. The summed E-state index contributed by atoms with van der Waals surface area (Å²) in [7, 11) is 0. The molecule has 1 aromatic carbocycles. The fraction of sp³-hybridized carbons (Fsp3) is 0.571. The number of hydrogen-bond acceptors (Lipinski definition) is 2. The zero-order chi connectivity index (χ0) is 11.4. The van der Waals surface area contributed by atoms with Crippen LogP contribution in [-0.2, 0) is 0 Å². The second kappa shape index (κ2) is 4.98. The lowest BCUT2D eigenvalue weighted by molar-refractivity contribution is 0.230. The quantitative estimate of drug-likeness (QED) is 0.769. The second-order valence-corrected chi connectivity index (χ2v) is 4.97. The fourth-order valence-electron chi connectivity index (χ4n) is 2.04. The van der Waals surface area contributed by atoms with Crippen molar-refractivity contribution in [3.05, 3.63) is 35.9 Å². The van der Waals surface area contributed by atoms with E-state index in [2.05, 4.69) is 42.6 Å². The summed E-state index contributed by atoms with van der Waals surface area (Å²) in [5.74, 6) is 0.586. The molecule has 1 atom stereocenters. The number of benzene rings is 1. The van der Waals surface area contributed by atoms with E-state index in [0.29, 0.717) is 5.92 Å². The molecule has 0 aromatic heterocycles. The van der Waals surface area contributed by atoms with Crippen molar-refractivity contribution in [1.82, 2.24) is 5.32 Å². The van der Waals surface area contributed by atoms with Crippen LogP contribution in [0.2, 0.25) is 0 Å². The van der Waals surface area contributed by atoms with E-state index in [9.17, 15) is 5.11 Å². The molecule has 88 valence electrons. The highest BCUT2D eigenvalue weighted by molar-refractivity contribution is 5.18. The van der Waals surface area contributed by atoms with Gasteiger partial charge in [0.05, 0.1) is 6.61 Å². The Kier molecular flexibility index (Phi) is 3.62. The van der Waals surface area contributed by atoms with Crippen molar-refractivity contribution in [3.8, 4) is 0 Å². The zero-order valence-corrected chi connectivity index (χ0v) is 9.95. The Balaban J connectivity index is 1.74. The van der Waals surface area contributed by atoms with Crippen molar-refractivity contribution in [2.45, 2.75) is 37.6 Å². The molecule has 1 saturated carbocycles. The monoisotopic (exact) mass is 219 g/mol. The van der Waals surface area contributed by atoms with Crippen LogP contribution in [0.15, 0.2) is 30.3 Å². The third kappa shape index (κ3) is 2.83. The molecular formula is C14H21NO. The minimum Gasteiger partial charge on any atom is -0.394 e. The Morgan fingerprint density at radius 1 is 1.31 bits per heavy atom. The van der Waals surface area contributed by atoms with Gasteiger partial charge in [0, 0.05) is 5.54 Å². The lowest BCUT2D eigenvalue weighted by atomic mass is 9.98. The van der Waals surface area contributed by atoms with Crippen molar-refractivity contribution in [1.29, 1.82) is 0 Å². The molecule has 2 N–H and O–H groups in total. The smallest absolute Gasteiger partial charge is 0.0613 e. The van der Waals surface area contributed by atoms with Crippen LogP contribution in [0.5, 0.6) is 0 Å². The van der Waals surface area contributed by atoms with Gasteiger partial charge >= 0.3 is 0 Å². The third-order valence-corrected chi connectivity index (χ3v) is 3.60. The van der Waals surface area contributed by atoms with Crippen molar-refractivity contribution in [2.24, 2.45) is 0 Å².